The third kappa shape index (κ3) is 3.54. The predicted molar refractivity (Wildman–Crippen MR) is 79.2 cm³/mol. The van der Waals surface area contributed by atoms with Gasteiger partial charge in [0.05, 0.1) is 6.04 Å². The van der Waals surface area contributed by atoms with Gasteiger partial charge in [-0.3, -0.25) is 4.79 Å². The van der Waals surface area contributed by atoms with Gasteiger partial charge in [0.1, 0.15) is 10.7 Å². The summed E-state index contributed by atoms with van der Waals surface area (Å²) in [7, 11) is 0. The molecule has 0 spiro atoms. The molecule has 0 saturated carbocycles. The lowest BCUT2D eigenvalue weighted by molar-refractivity contribution is 0.0988. The molecule has 6 heteroatoms. The molecular weight excluding hydrogens is 303 g/mol. The number of nitrogens with two attached hydrogens (primary N) is 1. The molecular formula is C13H12Cl2N2OS. The normalized spacial score (nSPS) is 12.4. The van der Waals surface area contributed by atoms with E-state index >= 15 is 0 Å². The predicted octanol–water partition coefficient (Wildman–Crippen LogP) is 3.90. The number of aromatic nitrogens is 1. The summed E-state index contributed by atoms with van der Waals surface area (Å²) in [4.78, 5) is 16.3. The highest BCUT2D eigenvalue weighted by atomic mass is 35.5. The summed E-state index contributed by atoms with van der Waals surface area (Å²) in [6.45, 7) is 1.84. The van der Waals surface area contributed by atoms with Crippen LogP contribution in [0.2, 0.25) is 10.0 Å². The first-order valence-electron chi connectivity index (χ1n) is 5.65. The summed E-state index contributed by atoms with van der Waals surface area (Å²) in [5.41, 5.74) is 6.90. The second kappa shape index (κ2) is 6.01. The van der Waals surface area contributed by atoms with Crippen molar-refractivity contribution in [3.05, 3.63) is 49.9 Å². The lowest BCUT2D eigenvalue weighted by Crippen LogP contribution is -2.07. The topological polar surface area (TPSA) is 56.0 Å². The van der Waals surface area contributed by atoms with Crippen LogP contribution in [0.5, 0.6) is 0 Å². The SMILES string of the molecule is CC(N)c1nc(C(=O)Cc2ccc(Cl)cc2Cl)cs1. The van der Waals surface area contributed by atoms with E-state index < -0.39 is 0 Å². The molecule has 0 amide bonds. The van der Waals surface area contributed by atoms with Gasteiger partial charge in [0.15, 0.2) is 5.78 Å². The summed E-state index contributed by atoms with van der Waals surface area (Å²) < 4.78 is 0. The Kier molecular flexibility index (Phi) is 4.58. The van der Waals surface area contributed by atoms with Crippen molar-refractivity contribution in [1.82, 2.24) is 4.98 Å². The third-order valence-electron chi connectivity index (χ3n) is 2.56. The van der Waals surface area contributed by atoms with Crippen LogP contribution in [0.3, 0.4) is 0 Å². The van der Waals surface area contributed by atoms with Crippen LogP contribution in [0.25, 0.3) is 0 Å². The van der Waals surface area contributed by atoms with Gasteiger partial charge in [-0.05, 0) is 24.6 Å². The molecule has 0 aliphatic rings. The number of ketones is 1. The largest absolute Gasteiger partial charge is 0.322 e. The van der Waals surface area contributed by atoms with Crippen molar-refractivity contribution < 1.29 is 4.79 Å². The maximum absolute atomic E-state index is 12.1. The fraction of sp³-hybridized carbons (Fsp3) is 0.231. The van der Waals surface area contributed by atoms with Crippen molar-refractivity contribution in [2.45, 2.75) is 19.4 Å². The molecule has 1 aromatic carbocycles. The number of carbonyl (C=O) groups is 1. The van der Waals surface area contributed by atoms with E-state index in [0.29, 0.717) is 15.7 Å². The van der Waals surface area contributed by atoms with Crippen LogP contribution in [0.1, 0.15) is 34.0 Å². The van der Waals surface area contributed by atoms with Gasteiger partial charge in [0.25, 0.3) is 0 Å². The highest BCUT2D eigenvalue weighted by Crippen LogP contribution is 2.23. The number of rotatable bonds is 4. The number of thiazole rings is 1. The summed E-state index contributed by atoms with van der Waals surface area (Å²) >= 11 is 13.2. The van der Waals surface area contributed by atoms with Crippen LogP contribution in [-0.2, 0) is 6.42 Å². The third-order valence-corrected chi connectivity index (χ3v) is 4.20. The molecule has 2 aromatic rings. The lowest BCUT2D eigenvalue weighted by Gasteiger charge is -2.03. The highest BCUT2D eigenvalue weighted by molar-refractivity contribution is 7.09. The molecule has 3 nitrogen and oxygen atoms in total. The number of hydrogen-bond acceptors (Lipinski definition) is 4. The molecule has 19 heavy (non-hydrogen) atoms. The van der Waals surface area contributed by atoms with Gasteiger partial charge in [0, 0.05) is 21.8 Å². The quantitative estimate of drug-likeness (QED) is 0.871. The number of halogens is 2. The van der Waals surface area contributed by atoms with E-state index in [1.54, 1.807) is 23.6 Å². The number of Topliss-reactive ketones (excluding diaryl/α,β-unsaturated/α-hetero) is 1. The van der Waals surface area contributed by atoms with Crippen molar-refractivity contribution in [2.75, 3.05) is 0 Å². The van der Waals surface area contributed by atoms with Gasteiger partial charge in [-0.25, -0.2) is 4.98 Å². The zero-order valence-corrected chi connectivity index (χ0v) is 12.5. The van der Waals surface area contributed by atoms with E-state index in [2.05, 4.69) is 4.98 Å². The second-order valence-corrected chi connectivity index (χ2v) is 5.93. The first-order valence-corrected chi connectivity index (χ1v) is 7.29. The minimum Gasteiger partial charge on any atom is -0.322 e. The van der Waals surface area contributed by atoms with Crippen molar-refractivity contribution in [1.29, 1.82) is 0 Å². The molecule has 2 rings (SSSR count). The summed E-state index contributed by atoms with van der Waals surface area (Å²) in [6.07, 6.45) is 0.206. The van der Waals surface area contributed by atoms with Crippen molar-refractivity contribution >= 4 is 40.3 Å². The van der Waals surface area contributed by atoms with E-state index in [4.69, 9.17) is 28.9 Å². The van der Waals surface area contributed by atoms with Crippen LogP contribution in [0.15, 0.2) is 23.6 Å². The standard InChI is InChI=1S/C13H12Cl2N2OS/c1-7(16)13-17-11(6-19-13)12(18)4-8-2-3-9(14)5-10(8)15/h2-3,5-7H,4,16H2,1H3. The highest BCUT2D eigenvalue weighted by Gasteiger charge is 2.14. The van der Waals surface area contributed by atoms with Gasteiger partial charge >= 0.3 is 0 Å². The van der Waals surface area contributed by atoms with E-state index in [9.17, 15) is 4.79 Å². The molecule has 0 aliphatic carbocycles. The Labute approximate surface area is 125 Å². The Morgan fingerprint density at radius 3 is 2.79 bits per heavy atom. The van der Waals surface area contributed by atoms with E-state index in [1.807, 2.05) is 6.92 Å². The molecule has 0 saturated heterocycles. The van der Waals surface area contributed by atoms with E-state index in [0.717, 1.165) is 10.6 Å². The molecule has 0 bridgehead atoms. The molecule has 0 aliphatic heterocycles. The summed E-state index contributed by atoms with van der Waals surface area (Å²) in [6, 6.07) is 4.93. The Morgan fingerprint density at radius 1 is 1.47 bits per heavy atom. The molecule has 1 heterocycles. The zero-order chi connectivity index (χ0) is 14.0. The Balaban J connectivity index is 2.16. The van der Waals surface area contributed by atoms with Crippen molar-refractivity contribution in [2.24, 2.45) is 5.73 Å². The van der Waals surface area contributed by atoms with Crippen LogP contribution in [0, 0.1) is 0 Å². The fourth-order valence-electron chi connectivity index (χ4n) is 1.55. The van der Waals surface area contributed by atoms with Crippen LogP contribution < -0.4 is 5.73 Å². The molecule has 1 aromatic heterocycles. The average Bonchev–Trinajstić information content (AvgIpc) is 2.82. The Morgan fingerprint density at radius 2 is 2.21 bits per heavy atom. The maximum Gasteiger partial charge on any atom is 0.186 e. The fourth-order valence-corrected chi connectivity index (χ4v) is 2.81. The van der Waals surface area contributed by atoms with Gasteiger partial charge < -0.3 is 5.73 Å². The van der Waals surface area contributed by atoms with Gasteiger partial charge in [0.2, 0.25) is 0 Å². The van der Waals surface area contributed by atoms with Crippen LogP contribution in [-0.4, -0.2) is 10.8 Å². The summed E-state index contributed by atoms with van der Waals surface area (Å²) in [5.74, 6) is -0.0765. The van der Waals surface area contributed by atoms with E-state index in [-0.39, 0.29) is 18.2 Å². The van der Waals surface area contributed by atoms with Crippen molar-refractivity contribution in [3.63, 3.8) is 0 Å². The average molecular weight is 315 g/mol. The molecule has 1 unspecified atom stereocenters. The Bertz CT molecular complexity index is 610. The molecule has 1 atom stereocenters. The summed E-state index contributed by atoms with van der Waals surface area (Å²) in [5, 5.41) is 3.52. The lowest BCUT2D eigenvalue weighted by atomic mass is 10.1. The first kappa shape index (κ1) is 14.5. The van der Waals surface area contributed by atoms with Crippen LogP contribution >= 0.6 is 34.5 Å². The molecule has 100 valence electrons. The maximum atomic E-state index is 12.1. The molecule has 0 fully saturated rings. The number of benzene rings is 1. The monoisotopic (exact) mass is 314 g/mol. The minimum absolute atomic E-state index is 0.0765. The van der Waals surface area contributed by atoms with Crippen LogP contribution in [0.4, 0.5) is 0 Å². The smallest absolute Gasteiger partial charge is 0.186 e. The van der Waals surface area contributed by atoms with Gasteiger partial charge in [-0.1, -0.05) is 29.3 Å². The minimum atomic E-state index is -0.161. The van der Waals surface area contributed by atoms with E-state index in [1.165, 1.54) is 11.3 Å². The number of hydrogen-bond donors (Lipinski definition) is 1. The Hall–Kier alpha value is -0.940. The van der Waals surface area contributed by atoms with Gasteiger partial charge in [-0.2, -0.15) is 0 Å². The first-order chi connectivity index (χ1) is 8.97. The zero-order valence-electron chi connectivity index (χ0n) is 10.2. The van der Waals surface area contributed by atoms with Crippen molar-refractivity contribution in [3.8, 4) is 0 Å². The molecule has 0 radical (unpaired) electrons. The number of carbonyl (C=O) groups excluding carboxylic acids is 1. The second-order valence-electron chi connectivity index (χ2n) is 4.20. The van der Waals surface area contributed by atoms with Gasteiger partial charge in [-0.15, -0.1) is 11.3 Å². The molecule has 2 N–H and O–H groups in total. The number of nitrogens with zero attached hydrogens (tertiary/aromatic N) is 1.